The standard InChI is InChI=1S/C27H42O4/c1-2-3-4-5-6-7-8-9-10-16-21-30-26(28)24-19-14-15-20-25(24)27(29)31-22-23-17-12-11-13-18-23/h14-15,19-20,23H,2-13,16-18,21-22H2,1H3. The van der Waals surface area contributed by atoms with Crippen molar-refractivity contribution in [1.82, 2.24) is 0 Å². The van der Waals surface area contributed by atoms with Gasteiger partial charge in [0.25, 0.3) is 0 Å². The smallest absolute Gasteiger partial charge is 0.339 e. The molecule has 1 aromatic rings. The summed E-state index contributed by atoms with van der Waals surface area (Å²) in [5.41, 5.74) is 0.620. The Labute approximate surface area is 189 Å². The normalized spacial score (nSPS) is 14.4. The molecule has 0 bridgehead atoms. The van der Waals surface area contributed by atoms with Gasteiger partial charge in [-0.2, -0.15) is 0 Å². The van der Waals surface area contributed by atoms with Crippen molar-refractivity contribution in [2.45, 2.75) is 103 Å². The quantitative estimate of drug-likeness (QED) is 0.213. The Morgan fingerprint density at radius 2 is 1.26 bits per heavy atom. The van der Waals surface area contributed by atoms with Crippen molar-refractivity contribution in [1.29, 1.82) is 0 Å². The highest BCUT2D eigenvalue weighted by Crippen LogP contribution is 2.24. The van der Waals surface area contributed by atoms with Crippen LogP contribution in [0.2, 0.25) is 0 Å². The lowest BCUT2D eigenvalue weighted by atomic mass is 9.90. The van der Waals surface area contributed by atoms with E-state index in [1.54, 1.807) is 24.3 Å². The van der Waals surface area contributed by atoms with Crippen molar-refractivity contribution in [3.63, 3.8) is 0 Å². The molecule has 0 spiro atoms. The van der Waals surface area contributed by atoms with Crippen LogP contribution in [0.25, 0.3) is 0 Å². The third kappa shape index (κ3) is 10.3. The summed E-state index contributed by atoms with van der Waals surface area (Å²) >= 11 is 0. The van der Waals surface area contributed by atoms with Gasteiger partial charge in [-0.05, 0) is 37.3 Å². The van der Waals surface area contributed by atoms with Crippen LogP contribution < -0.4 is 0 Å². The molecule has 1 aliphatic rings. The van der Waals surface area contributed by atoms with Crippen LogP contribution in [0.5, 0.6) is 0 Å². The molecular formula is C27H42O4. The minimum absolute atomic E-state index is 0.309. The number of benzene rings is 1. The van der Waals surface area contributed by atoms with Crippen LogP contribution in [0.4, 0.5) is 0 Å². The number of carbonyl (C=O) groups excluding carboxylic acids is 2. The third-order valence-corrected chi connectivity index (χ3v) is 6.27. The van der Waals surface area contributed by atoms with Crippen molar-refractivity contribution in [2.75, 3.05) is 13.2 Å². The van der Waals surface area contributed by atoms with Crippen LogP contribution in [0.3, 0.4) is 0 Å². The molecule has 31 heavy (non-hydrogen) atoms. The molecule has 1 fully saturated rings. The zero-order valence-electron chi connectivity index (χ0n) is 19.5. The van der Waals surface area contributed by atoms with Gasteiger partial charge in [0.1, 0.15) is 0 Å². The van der Waals surface area contributed by atoms with Crippen LogP contribution in [0.1, 0.15) is 124 Å². The number of hydrogen-bond donors (Lipinski definition) is 0. The molecule has 0 unspecified atom stereocenters. The molecule has 0 amide bonds. The minimum Gasteiger partial charge on any atom is -0.462 e. The summed E-state index contributed by atoms with van der Waals surface area (Å²) in [5.74, 6) is -0.397. The number of rotatable bonds is 15. The van der Waals surface area contributed by atoms with E-state index in [-0.39, 0.29) is 0 Å². The summed E-state index contributed by atoms with van der Waals surface area (Å²) < 4.78 is 11.0. The summed E-state index contributed by atoms with van der Waals surface area (Å²) in [6.07, 6.45) is 18.3. The zero-order chi connectivity index (χ0) is 22.2. The average molecular weight is 431 g/mol. The Hall–Kier alpha value is -1.84. The van der Waals surface area contributed by atoms with E-state index in [2.05, 4.69) is 6.92 Å². The first-order valence-electron chi connectivity index (χ1n) is 12.7. The summed E-state index contributed by atoms with van der Waals surface area (Å²) in [4.78, 5) is 25.0. The lowest BCUT2D eigenvalue weighted by Crippen LogP contribution is -2.19. The molecule has 1 saturated carbocycles. The SMILES string of the molecule is CCCCCCCCCCCCOC(=O)c1ccccc1C(=O)OCC1CCCCC1. The second-order valence-corrected chi connectivity index (χ2v) is 8.97. The van der Waals surface area contributed by atoms with E-state index in [0.717, 1.165) is 25.7 Å². The number of unbranched alkanes of at least 4 members (excludes halogenated alkanes) is 9. The Morgan fingerprint density at radius 1 is 0.742 bits per heavy atom. The summed E-state index contributed by atoms with van der Waals surface area (Å²) in [6.45, 7) is 3.09. The van der Waals surface area contributed by atoms with Crippen molar-refractivity contribution in [3.05, 3.63) is 35.4 Å². The van der Waals surface area contributed by atoms with Crippen molar-refractivity contribution < 1.29 is 19.1 Å². The average Bonchev–Trinajstić information content (AvgIpc) is 2.81. The van der Waals surface area contributed by atoms with E-state index < -0.39 is 11.9 Å². The molecule has 174 valence electrons. The molecule has 0 atom stereocenters. The van der Waals surface area contributed by atoms with Gasteiger partial charge >= 0.3 is 11.9 Å². The molecule has 0 heterocycles. The first-order valence-corrected chi connectivity index (χ1v) is 12.7. The van der Waals surface area contributed by atoms with Crippen LogP contribution in [-0.4, -0.2) is 25.2 Å². The Morgan fingerprint density at radius 3 is 1.84 bits per heavy atom. The Bertz CT molecular complexity index is 634. The van der Waals surface area contributed by atoms with E-state index in [1.807, 2.05) is 0 Å². The fraction of sp³-hybridized carbons (Fsp3) is 0.704. The number of esters is 2. The van der Waals surface area contributed by atoms with Crippen molar-refractivity contribution in [2.24, 2.45) is 5.92 Å². The van der Waals surface area contributed by atoms with Crippen LogP contribution in [-0.2, 0) is 9.47 Å². The summed E-state index contributed by atoms with van der Waals surface area (Å²) in [7, 11) is 0. The number of ether oxygens (including phenoxy) is 2. The first-order chi connectivity index (χ1) is 15.2. The molecular weight excluding hydrogens is 388 g/mol. The number of hydrogen-bond acceptors (Lipinski definition) is 4. The van der Waals surface area contributed by atoms with E-state index in [1.165, 1.54) is 70.6 Å². The second kappa shape index (κ2) is 15.9. The van der Waals surface area contributed by atoms with Crippen LogP contribution >= 0.6 is 0 Å². The van der Waals surface area contributed by atoms with Crippen LogP contribution in [0, 0.1) is 5.92 Å². The summed E-state index contributed by atoms with van der Waals surface area (Å²) in [6, 6.07) is 6.82. The van der Waals surface area contributed by atoms with Gasteiger partial charge in [-0.1, -0.05) is 96.1 Å². The molecule has 0 saturated heterocycles. The summed E-state index contributed by atoms with van der Waals surface area (Å²) in [5, 5.41) is 0. The monoisotopic (exact) mass is 430 g/mol. The van der Waals surface area contributed by atoms with Gasteiger partial charge in [-0.15, -0.1) is 0 Å². The van der Waals surface area contributed by atoms with Gasteiger partial charge in [-0.3, -0.25) is 0 Å². The maximum atomic E-state index is 12.5. The molecule has 0 N–H and O–H groups in total. The van der Waals surface area contributed by atoms with Gasteiger partial charge in [0.2, 0.25) is 0 Å². The van der Waals surface area contributed by atoms with E-state index >= 15 is 0 Å². The molecule has 0 aromatic heterocycles. The van der Waals surface area contributed by atoms with Gasteiger partial charge < -0.3 is 9.47 Å². The fourth-order valence-electron chi connectivity index (χ4n) is 4.30. The van der Waals surface area contributed by atoms with Crippen LogP contribution in [0.15, 0.2) is 24.3 Å². The van der Waals surface area contributed by atoms with Crippen molar-refractivity contribution in [3.8, 4) is 0 Å². The molecule has 0 aliphatic heterocycles. The van der Waals surface area contributed by atoms with Gasteiger partial charge in [0, 0.05) is 0 Å². The third-order valence-electron chi connectivity index (χ3n) is 6.27. The predicted molar refractivity (Wildman–Crippen MR) is 125 cm³/mol. The Kier molecular flexibility index (Phi) is 13.0. The van der Waals surface area contributed by atoms with Gasteiger partial charge in [0.05, 0.1) is 24.3 Å². The Balaban J connectivity index is 1.63. The molecule has 2 rings (SSSR count). The maximum Gasteiger partial charge on any atom is 0.339 e. The highest BCUT2D eigenvalue weighted by Gasteiger charge is 2.21. The number of carbonyl (C=O) groups is 2. The minimum atomic E-state index is -0.429. The molecule has 0 radical (unpaired) electrons. The van der Waals surface area contributed by atoms with Crippen molar-refractivity contribution >= 4 is 11.9 Å². The zero-order valence-corrected chi connectivity index (χ0v) is 19.5. The molecule has 1 aliphatic carbocycles. The van der Waals surface area contributed by atoms with E-state index in [0.29, 0.717) is 30.3 Å². The second-order valence-electron chi connectivity index (χ2n) is 8.97. The predicted octanol–water partition coefficient (Wildman–Crippen LogP) is 7.50. The maximum absolute atomic E-state index is 12.5. The highest BCUT2D eigenvalue weighted by molar-refractivity contribution is 6.03. The van der Waals surface area contributed by atoms with E-state index in [4.69, 9.17) is 9.47 Å². The lowest BCUT2D eigenvalue weighted by molar-refractivity contribution is 0.0390. The molecule has 4 heteroatoms. The first kappa shape index (κ1) is 25.4. The largest absolute Gasteiger partial charge is 0.462 e. The molecule has 4 nitrogen and oxygen atoms in total. The molecule has 1 aromatic carbocycles. The lowest BCUT2D eigenvalue weighted by Gasteiger charge is -2.21. The topological polar surface area (TPSA) is 52.6 Å². The van der Waals surface area contributed by atoms with Gasteiger partial charge in [-0.25, -0.2) is 9.59 Å². The van der Waals surface area contributed by atoms with E-state index in [9.17, 15) is 9.59 Å². The van der Waals surface area contributed by atoms with Gasteiger partial charge in [0.15, 0.2) is 0 Å². The fourth-order valence-corrected chi connectivity index (χ4v) is 4.30. The highest BCUT2D eigenvalue weighted by atomic mass is 16.5.